The SMILES string of the molecule is COc1ccc(C(C)c2sc(N)nc2C)cc1C. The molecule has 1 unspecified atom stereocenters. The largest absolute Gasteiger partial charge is 0.496 e. The number of hydrogen-bond acceptors (Lipinski definition) is 4. The van der Waals surface area contributed by atoms with E-state index in [4.69, 9.17) is 10.5 Å². The number of nitrogens with zero attached hydrogens (tertiary/aromatic N) is 1. The number of aryl methyl sites for hydroxylation is 2. The van der Waals surface area contributed by atoms with E-state index in [0.29, 0.717) is 11.0 Å². The molecule has 0 saturated carbocycles. The lowest BCUT2D eigenvalue weighted by Gasteiger charge is -2.13. The number of ether oxygens (including phenoxy) is 1. The second-order valence-corrected chi connectivity index (χ2v) is 5.51. The van der Waals surface area contributed by atoms with Gasteiger partial charge in [-0.3, -0.25) is 0 Å². The molecule has 0 bridgehead atoms. The maximum atomic E-state index is 5.76. The average Bonchev–Trinajstić information content (AvgIpc) is 2.67. The fraction of sp³-hybridized carbons (Fsp3) is 0.357. The van der Waals surface area contributed by atoms with Crippen molar-refractivity contribution in [2.75, 3.05) is 12.8 Å². The Hall–Kier alpha value is -1.55. The van der Waals surface area contributed by atoms with Crippen LogP contribution >= 0.6 is 11.3 Å². The van der Waals surface area contributed by atoms with Crippen LogP contribution in [0.1, 0.15) is 34.5 Å². The molecule has 0 spiro atoms. The fourth-order valence-electron chi connectivity index (χ4n) is 2.15. The lowest BCUT2D eigenvalue weighted by Crippen LogP contribution is -1.97. The number of nitrogen functional groups attached to an aromatic ring is 1. The van der Waals surface area contributed by atoms with Gasteiger partial charge in [0.25, 0.3) is 0 Å². The monoisotopic (exact) mass is 262 g/mol. The zero-order valence-corrected chi connectivity index (χ0v) is 12.0. The number of aromatic nitrogens is 1. The van der Waals surface area contributed by atoms with E-state index in [-0.39, 0.29) is 0 Å². The Morgan fingerprint density at radius 3 is 2.56 bits per heavy atom. The highest BCUT2D eigenvalue weighted by Gasteiger charge is 2.16. The van der Waals surface area contributed by atoms with Gasteiger partial charge in [0.05, 0.1) is 12.8 Å². The third-order valence-electron chi connectivity index (χ3n) is 3.16. The highest BCUT2D eigenvalue weighted by Crippen LogP contribution is 2.34. The minimum atomic E-state index is 0.310. The topological polar surface area (TPSA) is 48.1 Å². The van der Waals surface area contributed by atoms with Crippen molar-refractivity contribution in [1.82, 2.24) is 4.98 Å². The van der Waals surface area contributed by atoms with Crippen molar-refractivity contribution in [3.8, 4) is 5.75 Å². The maximum Gasteiger partial charge on any atom is 0.180 e. The quantitative estimate of drug-likeness (QED) is 0.921. The Balaban J connectivity index is 2.37. The Morgan fingerprint density at radius 1 is 1.33 bits per heavy atom. The summed E-state index contributed by atoms with van der Waals surface area (Å²) in [6.07, 6.45) is 0. The maximum absolute atomic E-state index is 5.76. The Morgan fingerprint density at radius 2 is 2.06 bits per heavy atom. The summed E-state index contributed by atoms with van der Waals surface area (Å²) in [6.45, 7) is 6.25. The molecule has 2 aromatic rings. The summed E-state index contributed by atoms with van der Waals surface area (Å²) in [5, 5.41) is 0.639. The van der Waals surface area contributed by atoms with E-state index < -0.39 is 0 Å². The van der Waals surface area contributed by atoms with Crippen LogP contribution in [0.4, 0.5) is 5.13 Å². The van der Waals surface area contributed by atoms with E-state index in [9.17, 15) is 0 Å². The molecule has 0 fully saturated rings. The van der Waals surface area contributed by atoms with Crippen molar-refractivity contribution in [2.45, 2.75) is 26.7 Å². The number of rotatable bonds is 3. The molecule has 0 aliphatic rings. The molecule has 1 aromatic heterocycles. The molecule has 0 aliphatic heterocycles. The molecule has 0 radical (unpaired) electrons. The predicted molar refractivity (Wildman–Crippen MR) is 76.5 cm³/mol. The van der Waals surface area contributed by atoms with Gasteiger partial charge in [-0.05, 0) is 31.0 Å². The van der Waals surface area contributed by atoms with Crippen molar-refractivity contribution < 1.29 is 4.74 Å². The number of benzene rings is 1. The molecular formula is C14H18N2OS. The first-order valence-corrected chi connectivity index (χ1v) is 6.72. The first-order valence-electron chi connectivity index (χ1n) is 5.90. The Bertz CT molecular complexity index is 563. The van der Waals surface area contributed by atoms with E-state index >= 15 is 0 Å². The number of nitrogens with two attached hydrogens (primary N) is 1. The van der Waals surface area contributed by atoms with Gasteiger partial charge in [-0.25, -0.2) is 4.98 Å². The summed E-state index contributed by atoms with van der Waals surface area (Å²) in [4.78, 5) is 5.52. The van der Waals surface area contributed by atoms with Crippen molar-refractivity contribution in [3.05, 3.63) is 39.9 Å². The molecule has 2 N–H and O–H groups in total. The van der Waals surface area contributed by atoms with Gasteiger partial charge < -0.3 is 10.5 Å². The van der Waals surface area contributed by atoms with E-state index in [1.165, 1.54) is 10.4 Å². The molecule has 1 heterocycles. The summed E-state index contributed by atoms with van der Waals surface area (Å²) in [7, 11) is 1.69. The van der Waals surface area contributed by atoms with Crippen LogP contribution in [0.15, 0.2) is 18.2 Å². The van der Waals surface area contributed by atoms with E-state index in [2.05, 4.69) is 31.0 Å². The van der Waals surface area contributed by atoms with Crippen LogP contribution in [-0.2, 0) is 0 Å². The summed E-state index contributed by atoms with van der Waals surface area (Å²) < 4.78 is 5.28. The van der Waals surface area contributed by atoms with E-state index in [1.807, 2.05) is 13.0 Å². The third-order valence-corrected chi connectivity index (χ3v) is 4.33. The summed E-state index contributed by atoms with van der Waals surface area (Å²) >= 11 is 1.57. The van der Waals surface area contributed by atoms with Crippen LogP contribution in [0.3, 0.4) is 0 Å². The summed E-state index contributed by atoms with van der Waals surface area (Å²) in [5.41, 5.74) is 9.20. The highest BCUT2D eigenvalue weighted by atomic mass is 32.1. The first-order chi connectivity index (χ1) is 8.52. The number of hydrogen-bond donors (Lipinski definition) is 1. The molecule has 1 aromatic carbocycles. The van der Waals surface area contributed by atoms with Crippen molar-refractivity contribution >= 4 is 16.5 Å². The van der Waals surface area contributed by atoms with Gasteiger partial charge in [-0.2, -0.15) is 0 Å². The van der Waals surface area contributed by atoms with Crippen LogP contribution in [0.25, 0.3) is 0 Å². The van der Waals surface area contributed by atoms with E-state index in [1.54, 1.807) is 18.4 Å². The van der Waals surface area contributed by atoms with Gasteiger partial charge in [0, 0.05) is 10.8 Å². The average molecular weight is 262 g/mol. The molecule has 0 saturated heterocycles. The van der Waals surface area contributed by atoms with Crippen LogP contribution in [0.2, 0.25) is 0 Å². The first kappa shape index (κ1) is 12.9. The number of thiazole rings is 1. The summed E-state index contributed by atoms with van der Waals surface area (Å²) in [6, 6.07) is 6.28. The number of anilines is 1. The van der Waals surface area contributed by atoms with Crippen molar-refractivity contribution in [2.24, 2.45) is 0 Å². The fourth-order valence-corrected chi connectivity index (χ4v) is 3.07. The molecule has 0 aliphatic carbocycles. The second kappa shape index (κ2) is 4.98. The number of methoxy groups -OCH3 is 1. The molecule has 2 rings (SSSR count). The Labute approximate surface area is 112 Å². The lowest BCUT2D eigenvalue weighted by atomic mass is 9.97. The highest BCUT2D eigenvalue weighted by molar-refractivity contribution is 7.15. The van der Waals surface area contributed by atoms with Crippen molar-refractivity contribution in [1.29, 1.82) is 0 Å². The zero-order chi connectivity index (χ0) is 13.3. The van der Waals surface area contributed by atoms with Gasteiger partial charge in [-0.1, -0.05) is 19.1 Å². The molecular weight excluding hydrogens is 244 g/mol. The molecule has 18 heavy (non-hydrogen) atoms. The van der Waals surface area contributed by atoms with Gasteiger partial charge >= 0.3 is 0 Å². The molecule has 4 heteroatoms. The van der Waals surface area contributed by atoms with Gasteiger partial charge in [0.15, 0.2) is 5.13 Å². The molecule has 3 nitrogen and oxygen atoms in total. The normalized spacial score (nSPS) is 12.4. The zero-order valence-electron chi connectivity index (χ0n) is 11.2. The summed E-state index contributed by atoms with van der Waals surface area (Å²) in [5.74, 6) is 1.23. The smallest absolute Gasteiger partial charge is 0.180 e. The Kier molecular flexibility index (Phi) is 3.57. The predicted octanol–water partition coefficient (Wildman–Crippen LogP) is 3.50. The van der Waals surface area contributed by atoms with E-state index in [0.717, 1.165) is 17.0 Å². The third kappa shape index (κ3) is 2.34. The minimum Gasteiger partial charge on any atom is -0.496 e. The minimum absolute atomic E-state index is 0.310. The molecule has 0 amide bonds. The molecule has 96 valence electrons. The van der Waals surface area contributed by atoms with Crippen LogP contribution in [0.5, 0.6) is 5.75 Å². The van der Waals surface area contributed by atoms with Gasteiger partial charge in [-0.15, -0.1) is 11.3 Å². The molecule has 1 atom stereocenters. The van der Waals surface area contributed by atoms with Crippen molar-refractivity contribution in [3.63, 3.8) is 0 Å². The van der Waals surface area contributed by atoms with Crippen LogP contribution < -0.4 is 10.5 Å². The van der Waals surface area contributed by atoms with Crippen LogP contribution in [0, 0.1) is 13.8 Å². The standard InChI is InChI=1S/C14H18N2OS/c1-8-7-11(5-6-12(8)17-4)9(2)13-10(3)16-14(15)18-13/h5-7,9H,1-4H3,(H2,15,16). The van der Waals surface area contributed by atoms with Gasteiger partial charge in [0.2, 0.25) is 0 Å². The van der Waals surface area contributed by atoms with Gasteiger partial charge in [0.1, 0.15) is 5.75 Å². The van der Waals surface area contributed by atoms with Crippen LogP contribution in [-0.4, -0.2) is 12.1 Å². The second-order valence-electron chi connectivity index (χ2n) is 4.45. The lowest BCUT2D eigenvalue weighted by molar-refractivity contribution is 0.411.